The van der Waals surface area contributed by atoms with E-state index in [0.717, 1.165) is 25.0 Å². The first kappa shape index (κ1) is 17.2. The summed E-state index contributed by atoms with van der Waals surface area (Å²) >= 11 is 0. The zero-order valence-electron chi connectivity index (χ0n) is 11.7. The Morgan fingerprint density at radius 3 is 2.57 bits per heavy atom. The second-order valence-electron chi connectivity index (χ2n) is 4.28. The van der Waals surface area contributed by atoms with Crippen molar-refractivity contribution in [3.05, 3.63) is 23.4 Å². The van der Waals surface area contributed by atoms with Gasteiger partial charge in [0, 0.05) is 6.61 Å². The molecule has 0 aromatic carbocycles. The molecule has 1 aromatic heterocycles. The lowest BCUT2D eigenvalue weighted by atomic mass is 10.2. The Bertz CT molecular complexity index is 478. The van der Waals surface area contributed by atoms with Crippen LogP contribution in [0.2, 0.25) is 0 Å². The van der Waals surface area contributed by atoms with Crippen molar-refractivity contribution in [2.75, 3.05) is 19.8 Å². The fourth-order valence-electron chi connectivity index (χ4n) is 1.46. The SMILES string of the molecule is CCCCOCCOc1nc(C(F)(F)F)ccc1C(=N)N. The number of nitrogens with one attached hydrogen (secondary N) is 1. The summed E-state index contributed by atoms with van der Waals surface area (Å²) in [6.45, 7) is 2.86. The minimum atomic E-state index is -4.58. The number of nitrogen functional groups attached to an aromatic ring is 1. The highest BCUT2D eigenvalue weighted by Crippen LogP contribution is 2.30. The van der Waals surface area contributed by atoms with Crippen molar-refractivity contribution in [3.63, 3.8) is 0 Å². The van der Waals surface area contributed by atoms with E-state index < -0.39 is 17.7 Å². The molecule has 0 unspecified atom stereocenters. The Hall–Kier alpha value is -1.83. The van der Waals surface area contributed by atoms with Crippen molar-refractivity contribution in [2.45, 2.75) is 25.9 Å². The largest absolute Gasteiger partial charge is 0.475 e. The molecule has 8 heteroatoms. The van der Waals surface area contributed by atoms with Gasteiger partial charge in [-0.3, -0.25) is 5.41 Å². The second kappa shape index (κ2) is 7.82. The third-order valence-corrected chi connectivity index (χ3v) is 2.55. The lowest BCUT2D eigenvalue weighted by molar-refractivity contribution is -0.141. The van der Waals surface area contributed by atoms with Crippen LogP contribution in [0.1, 0.15) is 31.0 Å². The third-order valence-electron chi connectivity index (χ3n) is 2.55. The number of pyridine rings is 1. The van der Waals surface area contributed by atoms with Crippen molar-refractivity contribution in [3.8, 4) is 5.88 Å². The van der Waals surface area contributed by atoms with Gasteiger partial charge in [-0.1, -0.05) is 13.3 Å². The van der Waals surface area contributed by atoms with Crippen molar-refractivity contribution in [2.24, 2.45) is 5.73 Å². The first-order chi connectivity index (χ1) is 9.86. The monoisotopic (exact) mass is 305 g/mol. The van der Waals surface area contributed by atoms with E-state index in [-0.39, 0.29) is 24.7 Å². The maximum atomic E-state index is 12.6. The highest BCUT2D eigenvalue weighted by atomic mass is 19.4. The Morgan fingerprint density at radius 1 is 1.29 bits per heavy atom. The number of rotatable bonds is 8. The smallest absolute Gasteiger partial charge is 0.433 e. The van der Waals surface area contributed by atoms with Crippen LogP contribution in [-0.4, -0.2) is 30.6 Å². The molecule has 0 aliphatic heterocycles. The van der Waals surface area contributed by atoms with Gasteiger partial charge in [0.25, 0.3) is 0 Å². The minimum Gasteiger partial charge on any atom is -0.475 e. The number of unbranched alkanes of at least 4 members (excludes halogenated alkanes) is 1. The average molecular weight is 305 g/mol. The standard InChI is InChI=1S/C13H18F3N3O2/c1-2-3-6-20-7-8-21-12-9(11(17)18)4-5-10(19-12)13(14,15)16/h4-5H,2-3,6-8H2,1H3,(H3,17,18). The van der Waals surface area contributed by atoms with Crippen LogP contribution < -0.4 is 10.5 Å². The molecule has 0 bridgehead atoms. The van der Waals surface area contributed by atoms with Gasteiger partial charge in [-0.25, -0.2) is 4.98 Å². The van der Waals surface area contributed by atoms with Crippen LogP contribution in [0.5, 0.6) is 5.88 Å². The summed E-state index contributed by atoms with van der Waals surface area (Å²) in [7, 11) is 0. The molecular formula is C13H18F3N3O2. The normalized spacial score (nSPS) is 11.4. The first-order valence-corrected chi connectivity index (χ1v) is 6.49. The predicted molar refractivity (Wildman–Crippen MR) is 71.5 cm³/mol. The zero-order chi connectivity index (χ0) is 15.9. The fourth-order valence-corrected chi connectivity index (χ4v) is 1.46. The minimum absolute atomic E-state index is 0.0246. The van der Waals surface area contributed by atoms with Crippen LogP contribution in [0.3, 0.4) is 0 Å². The summed E-state index contributed by atoms with van der Waals surface area (Å²) < 4.78 is 48.2. The molecular weight excluding hydrogens is 287 g/mol. The number of alkyl halides is 3. The van der Waals surface area contributed by atoms with E-state index in [9.17, 15) is 13.2 Å². The van der Waals surface area contributed by atoms with Gasteiger partial charge in [0.15, 0.2) is 0 Å². The maximum Gasteiger partial charge on any atom is 0.433 e. The molecule has 0 spiro atoms. The molecule has 0 aliphatic carbocycles. The van der Waals surface area contributed by atoms with Gasteiger partial charge in [-0.15, -0.1) is 0 Å². The van der Waals surface area contributed by atoms with Gasteiger partial charge >= 0.3 is 6.18 Å². The van der Waals surface area contributed by atoms with Crippen LogP contribution in [0.15, 0.2) is 12.1 Å². The number of hydrogen-bond donors (Lipinski definition) is 2. The average Bonchev–Trinajstić information content (AvgIpc) is 2.41. The molecule has 1 rings (SSSR count). The van der Waals surface area contributed by atoms with Crippen molar-refractivity contribution < 1.29 is 22.6 Å². The Labute approximate surface area is 120 Å². The Balaban J connectivity index is 2.71. The Kier molecular flexibility index (Phi) is 6.41. The molecule has 1 heterocycles. The van der Waals surface area contributed by atoms with E-state index in [0.29, 0.717) is 6.61 Å². The predicted octanol–water partition coefficient (Wildman–Crippen LogP) is 2.58. The number of nitrogens with two attached hydrogens (primary N) is 1. The molecule has 0 amide bonds. The van der Waals surface area contributed by atoms with E-state index in [2.05, 4.69) is 4.98 Å². The van der Waals surface area contributed by atoms with Gasteiger partial charge in [-0.2, -0.15) is 13.2 Å². The molecule has 0 aliphatic rings. The van der Waals surface area contributed by atoms with Gasteiger partial charge in [0.1, 0.15) is 18.1 Å². The quantitative estimate of drug-likeness (QED) is 0.439. The summed E-state index contributed by atoms with van der Waals surface area (Å²) in [6.07, 6.45) is -2.68. The molecule has 0 saturated carbocycles. The molecule has 0 saturated heterocycles. The van der Waals surface area contributed by atoms with E-state index >= 15 is 0 Å². The lowest BCUT2D eigenvalue weighted by Crippen LogP contribution is -2.18. The molecule has 3 N–H and O–H groups in total. The summed E-state index contributed by atoms with van der Waals surface area (Å²) in [5, 5.41) is 7.32. The third kappa shape index (κ3) is 5.58. The van der Waals surface area contributed by atoms with E-state index in [4.69, 9.17) is 20.6 Å². The van der Waals surface area contributed by atoms with Crippen LogP contribution in [-0.2, 0) is 10.9 Å². The van der Waals surface area contributed by atoms with Crippen molar-refractivity contribution >= 4 is 5.84 Å². The molecule has 118 valence electrons. The number of halogens is 3. The Morgan fingerprint density at radius 2 is 2.00 bits per heavy atom. The maximum absolute atomic E-state index is 12.6. The fraction of sp³-hybridized carbons (Fsp3) is 0.538. The topological polar surface area (TPSA) is 81.2 Å². The first-order valence-electron chi connectivity index (χ1n) is 6.49. The van der Waals surface area contributed by atoms with Crippen LogP contribution in [0.4, 0.5) is 13.2 Å². The van der Waals surface area contributed by atoms with Gasteiger partial charge < -0.3 is 15.2 Å². The molecule has 0 fully saturated rings. The lowest BCUT2D eigenvalue weighted by Gasteiger charge is -2.12. The molecule has 5 nitrogen and oxygen atoms in total. The van der Waals surface area contributed by atoms with Gasteiger partial charge in [0.2, 0.25) is 5.88 Å². The van der Waals surface area contributed by atoms with Crippen molar-refractivity contribution in [1.82, 2.24) is 4.98 Å². The summed E-state index contributed by atoms with van der Waals surface area (Å²) in [5.74, 6) is -0.713. The molecule has 1 aromatic rings. The highest BCUT2D eigenvalue weighted by Gasteiger charge is 2.33. The molecule has 0 radical (unpaired) electrons. The number of hydrogen-bond acceptors (Lipinski definition) is 4. The highest BCUT2D eigenvalue weighted by molar-refractivity contribution is 5.97. The van der Waals surface area contributed by atoms with Crippen molar-refractivity contribution in [1.29, 1.82) is 5.41 Å². The summed E-state index contributed by atoms with van der Waals surface area (Å²) in [4.78, 5) is 3.38. The number of amidine groups is 1. The van der Waals surface area contributed by atoms with E-state index in [1.807, 2.05) is 6.92 Å². The van der Waals surface area contributed by atoms with Crippen LogP contribution in [0, 0.1) is 5.41 Å². The molecule has 0 atom stereocenters. The summed E-state index contributed by atoms with van der Waals surface area (Å²) in [6, 6.07) is 1.84. The number of aromatic nitrogens is 1. The van der Waals surface area contributed by atoms with Crippen LogP contribution >= 0.6 is 0 Å². The summed E-state index contributed by atoms with van der Waals surface area (Å²) in [5.41, 5.74) is 4.23. The van der Waals surface area contributed by atoms with Gasteiger partial charge in [-0.05, 0) is 18.6 Å². The number of ether oxygens (including phenoxy) is 2. The van der Waals surface area contributed by atoms with E-state index in [1.54, 1.807) is 0 Å². The van der Waals surface area contributed by atoms with Gasteiger partial charge in [0.05, 0.1) is 12.2 Å². The van der Waals surface area contributed by atoms with Crippen LogP contribution in [0.25, 0.3) is 0 Å². The van der Waals surface area contributed by atoms with E-state index in [1.165, 1.54) is 0 Å². The zero-order valence-corrected chi connectivity index (χ0v) is 11.7. The second-order valence-corrected chi connectivity index (χ2v) is 4.28. The molecule has 21 heavy (non-hydrogen) atoms. The number of nitrogens with zero attached hydrogens (tertiary/aromatic N) is 1.